The summed E-state index contributed by atoms with van der Waals surface area (Å²) in [5, 5.41) is 0. The molecule has 4 rings (SSSR count). The zero-order valence-electron chi connectivity index (χ0n) is 76.8. The molecular formula is C83H153F29. The summed E-state index contributed by atoms with van der Waals surface area (Å²) < 4.78 is 374. The Balaban J connectivity index is -0.000000183. The van der Waals surface area contributed by atoms with Crippen molar-refractivity contribution in [2.75, 3.05) is 6.67 Å². The van der Waals surface area contributed by atoms with E-state index in [9.17, 15) is 127 Å². The molecule has 29 heteroatoms. The largest absolute Gasteiger partial charge is 0.402 e. The molecule has 0 amide bonds. The SMILES string of the molecule is CC1C(C)C(C(F)(F)F)C(C)C1C(F)(F)F.CC1CC(C)C(C(F)(F)F)C1.CC1CCC(C(F)(F)F)C1C.CCC(C)(C(F)(F)F)C(F)(F)F.CCC(C)(C)C.CCC(C)(C)C(F)(F)F.CCC(F)(F)C(C)C.CCCC(C)(C)C.CCCC(C)C(F)F.CCCC(C)CF.[2H]C([2H])(C)C(C)(C)C.[2H]C1(C)C(C)CCC1C(F)(F)F. The van der Waals surface area contributed by atoms with Crippen molar-refractivity contribution in [2.45, 2.75) is 399 Å². The van der Waals surface area contributed by atoms with Crippen LogP contribution in [0.25, 0.3) is 0 Å². The van der Waals surface area contributed by atoms with Crippen molar-refractivity contribution in [1.29, 1.82) is 0 Å². The van der Waals surface area contributed by atoms with Gasteiger partial charge in [0, 0.05) is 22.4 Å². The first kappa shape index (κ1) is 119. The average molecular weight is 1710 g/mol. The maximum atomic E-state index is 12.6. The second-order valence-corrected chi connectivity index (χ2v) is 35.9. The maximum absolute atomic E-state index is 12.6. The Morgan fingerprint density at radius 3 is 0.804 bits per heavy atom. The molecule has 0 aromatic rings. The molecule has 4 saturated carbocycles. The lowest BCUT2D eigenvalue weighted by Crippen LogP contribution is -2.47. The minimum Gasteiger partial charge on any atom is -0.251 e. The van der Waals surface area contributed by atoms with Gasteiger partial charge >= 0.3 is 49.4 Å². The Morgan fingerprint density at radius 1 is 0.366 bits per heavy atom. The van der Waals surface area contributed by atoms with E-state index in [0.29, 0.717) is 36.5 Å². The Morgan fingerprint density at radius 2 is 0.714 bits per heavy atom. The summed E-state index contributed by atoms with van der Waals surface area (Å²) in [6.45, 7) is 56.0. The van der Waals surface area contributed by atoms with Crippen molar-refractivity contribution in [3.05, 3.63) is 0 Å². The lowest BCUT2D eigenvalue weighted by atomic mass is 9.86. The van der Waals surface area contributed by atoms with E-state index in [1.807, 2.05) is 48.5 Å². The molecule has 0 radical (unpaired) electrons. The monoisotopic (exact) mass is 1700 g/mol. The first-order valence-electron chi connectivity index (χ1n) is 41.1. The topological polar surface area (TPSA) is 0 Å². The lowest BCUT2D eigenvalue weighted by Gasteiger charge is -2.32. The number of hydrogen-bond acceptors (Lipinski definition) is 0. The quantitative estimate of drug-likeness (QED) is 0.181. The molecule has 0 aromatic heterocycles. The fraction of sp³-hybridized carbons (Fsp3) is 1.00. The molecule has 0 heterocycles. The van der Waals surface area contributed by atoms with Crippen molar-refractivity contribution in [3.8, 4) is 0 Å². The Labute approximate surface area is 663 Å². The van der Waals surface area contributed by atoms with Crippen molar-refractivity contribution < 1.29 is 131 Å². The van der Waals surface area contributed by atoms with Crippen LogP contribution in [0.3, 0.4) is 0 Å². The molecule has 4 aliphatic rings. The fourth-order valence-corrected chi connectivity index (χ4v) is 11.6. The van der Waals surface area contributed by atoms with E-state index in [-0.39, 0.29) is 73.8 Å². The summed E-state index contributed by atoms with van der Waals surface area (Å²) in [5.41, 5.74) is -4.24. The lowest BCUT2D eigenvalue weighted by molar-refractivity contribution is -0.335. The van der Waals surface area contributed by atoms with Gasteiger partial charge in [0.1, 0.15) is 0 Å². The van der Waals surface area contributed by atoms with Gasteiger partial charge in [-0.3, -0.25) is 4.39 Å². The highest BCUT2D eigenvalue weighted by molar-refractivity contribution is 4.97. The van der Waals surface area contributed by atoms with Crippen LogP contribution in [0.4, 0.5) is 127 Å². The van der Waals surface area contributed by atoms with Crippen LogP contribution in [0.2, 0.25) is 0 Å². The normalized spacial score (nSPS) is 26.4. The molecule has 0 saturated heterocycles. The molecule has 0 nitrogen and oxygen atoms in total. The highest BCUT2D eigenvalue weighted by Gasteiger charge is 2.66. The van der Waals surface area contributed by atoms with Crippen molar-refractivity contribution in [2.24, 2.45) is 128 Å². The Bertz CT molecular complexity index is 2330. The number of halogens is 29. The highest BCUT2D eigenvalue weighted by atomic mass is 19.4. The van der Waals surface area contributed by atoms with Gasteiger partial charge < -0.3 is 0 Å². The van der Waals surface area contributed by atoms with E-state index < -0.39 is 150 Å². The van der Waals surface area contributed by atoms with Crippen molar-refractivity contribution in [3.63, 3.8) is 0 Å². The van der Waals surface area contributed by atoms with Crippen LogP contribution >= 0.6 is 0 Å². The third-order valence-electron chi connectivity index (χ3n) is 21.8. The van der Waals surface area contributed by atoms with Crippen LogP contribution in [0.1, 0.15) is 342 Å². The van der Waals surface area contributed by atoms with Crippen LogP contribution in [0, 0.1) is 128 Å². The van der Waals surface area contributed by atoms with E-state index in [1.54, 1.807) is 34.6 Å². The standard InChI is InChI=1S/C10H14F6.3C8H13F3.C7H16.C6H8F6.C6H11F3.2C6H12F2.C6H13F.2C6H14/c1-4-5(2)8(10(14,15)16)6(3)7(4)9(11,12)13;1-5-3-6(2)7(4-5)8(9,10)11;2*1-5-3-4-7(6(5)2)8(9,10)11;1-5-6-7(2,3)4;1-3-4(2,5(7,8)9)6(10,11)12;1-4-5(2,3)6(7,8)9;1-4-6(7,8)5(2)3;1-3-4-5(2)6(7)8;1-3-4-6(2)5-7;2*1-5-6(2,3)4/h4-8H,1-3H3;3*5-7H,3-4H2,1-2H3;5-6H2,1-4H3;3H2,1-2H3;4H2,1-3H3;5H,4H2,1-3H3;5-6H,3-4H2,1-2H3;6H,3-5H2,1-2H3;2*5H2,1-4H3/i;;6D;;;;;;;;5D2;. The van der Waals surface area contributed by atoms with Gasteiger partial charge in [-0.15, -0.1) is 0 Å². The molecule has 688 valence electrons. The van der Waals surface area contributed by atoms with E-state index in [0.717, 1.165) is 46.0 Å². The first-order valence-corrected chi connectivity index (χ1v) is 39.6. The molecule has 112 heavy (non-hydrogen) atoms. The zero-order valence-corrected chi connectivity index (χ0v) is 73.8. The number of alkyl halides is 29. The molecule has 4 aliphatic carbocycles. The summed E-state index contributed by atoms with van der Waals surface area (Å²) in [6.07, 6.45) is -29.6. The molecular weight excluding hydrogens is 1550 g/mol. The molecule has 4 fully saturated rings. The van der Waals surface area contributed by atoms with E-state index in [1.165, 1.54) is 81.6 Å². The van der Waals surface area contributed by atoms with Crippen molar-refractivity contribution in [1.82, 2.24) is 0 Å². The average Bonchev–Trinajstić information content (AvgIpc) is 1.74. The summed E-state index contributed by atoms with van der Waals surface area (Å²) >= 11 is 0. The highest BCUT2D eigenvalue weighted by Crippen LogP contribution is 2.58. The summed E-state index contributed by atoms with van der Waals surface area (Å²) in [4.78, 5) is 0. The Kier molecular flexibility index (Phi) is 56.7. The van der Waals surface area contributed by atoms with Crippen LogP contribution < -0.4 is 0 Å². The van der Waals surface area contributed by atoms with Gasteiger partial charge in [-0.25, -0.2) is 17.6 Å². The molecule has 0 spiro atoms. The van der Waals surface area contributed by atoms with E-state index in [2.05, 4.69) is 62.3 Å². The van der Waals surface area contributed by atoms with Gasteiger partial charge in [0.2, 0.25) is 12.3 Å². The molecule has 0 bridgehead atoms. The van der Waals surface area contributed by atoms with Gasteiger partial charge in [0.15, 0.2) is 5.41 Å². The summed E-state index contributed by atoms with van der Waals surface area (Å²) in [7, 11) is 0. The third kappa shape index (κ3) is 54.9. The molecule has 0 aliphatic heterocycles. The van der Waals surface area contributed by atoms with Crippen molar-refractivity contribution >= 4 is 0 Å². The second kappa shape index (κ2) is 53.6. The minimum atomic E-state index is -5.24. The van der Waals surface area contributed by atoms with Gasteiger partial charge in [0.25, 0.3) is 0 Å². The molecule has 15 unspecified atom stereocenters. The smallest absolute Gasteiger partial charge is 0.251 e. The zero-order chi connectivity index (χ0) is 94.8. The van der Waals surface area contributed by atoms with Gasteiger partial charge in [-0.1, -0.05) is 254 Å². The van der Waals surface area contributed by atoms with Gasteiger partial charge in [-0.05, 0) is 153 Å². The van der Waals surface area contributed by atoms with Crippen LogP contribution in [-0.2, 0) is 0 Å². The fourth-order valence-electron chi connectivity index (χ4n) is 11.6. The predicted molar refractivity (Wildman–Crippen MR) is 403 cm³/mol. The maximum Gasteiger partial charge on any atom is 0.402 e. The molecule has 0 N–H and O–H groups in total. The van der Waals surface area contributed by atoms with Crippen LogP contribution in [0.15, 0.2) is 0 Å². The predicted octanol–water partition coefficient (Wildman–Crippen LogP) is 36.0. The first-order chi connectivity index (χ1) is 50.3. The summed E-state index contributed by atoms with van der Waals surface area (Å²) in [6, 6.07) is 0. The second-order valence-electron chi connectivity index (χ2n) is 35.9. The Hall–Kier alpha value is -2.03. The van der Waals surface area contributed by atoms with Crippen LogP contribution in [-0.4, -0.2) is 68.4 Å². The van der Waals surface area contributed by atoms with Crippen LogP contribution in [0.5, 0.6) is 0 Å². The third-order valence-corrected chi connectivity index (χ3v) is 21.8. The summed E-state index contributed by atoms with van der Waals surface area (Å²) in [5.74, 6) is -15.1. The van der Waals surface area contributed by atoms with E-state index in [4.69, 9.17) is 4.11 Å². The number of rotatable bonds is 11. The van der Waals surface area contributed by atoms with Gasteiger partial charge in [-0.2, -0.15) is 105 Å². The minimum absolute atomic E-state index is 0.0509. The number of hydrogen-bond donors (Lipinski definition) is 0. The van der Waals surface area contributed by atoms with Gasteiger partial charge in [0.05, 0.1) is 41.7 Å². The van der Waals surface area contributed by atoms with E-state index >= 15 is 0 Å². The molecule has 15 atom stereocenters. The molecule has 0 aromatic carbocycles.